The molecular weight excluding hydrogens is 164 g/mol. The number of benzene rings is 1. The molecular formula is C11H16O2. The van der Waals surface area contributed by atoms with E-state index in [4.69, 9.17) is 0 Å². The van der Waals surface area contributed by atoms with Gasteiger partial charge >= 0.3 is 0 Å². The summed E-state index contributed by atoms with van der Waals surface area (Å²) in [6, 6.07) is 7.53. The summed E-state index contributed by atoms with van der Waals surface area (Å²) in [7, 11) is 0. The SMILES string of the molecule is Cc1cccc(C(O)C(C)(C)O)c1. The first-order valence-corrected chi connectivity index (χ1v) is 4.38. The monoisotopic (exact) mass is 180 g/mol. The predicted molar refractivity (Wildman–Crippen MR) is 52.4 cm³/mol. The third-order valence-corrected chi connectivity index (χ3v) is 2.03. The van der Waals surface area contributed by atoms with Gasteiger partial charge in [-0.3, -0.25) is 0 Å². The van der Waals surface area contributed by atoms with Gasteiger partial charge in [0, 0.05) is 0 Å². The average Bonchev–Trinajstić information content (AvgIpc) is 2.01. The fraction of sp³-hybridized carbons (Fsp3) is 0.455. The molecule has 0 bridgehead atoms. The van der Waals surface area contributed by atoms with Crippen molar-refractivity contribution >= 4 is 0 Å². The van der Waals surface area contributed by atoms with Crippen LogP contribution in [0.15, 0.2) is 24.3 Å². The molecule has 0 aromatic heterocycles. The molecule has 2 heteroatoms. The second-order valence-electron chi connectivity index (χ2n) is 3.97. The Morgan fingerprint density at radius 3 is 2.38 bits per heavy atom. The van der Waals surface area contributed by atoms with Gasteiger partial charge in [-0.1, -0.05) is 29.8 Å². The second kappa shape index (κ2) is 3.48. The zero-order valence-corrected chi connectivity index (χ0v) is 8.28. The van der Waals surface area contributed by atoms with E-state index < -0.39 is 11.7 Å². The summed E-state index contributed by atoms with van der Waals surface area (Å²) < 4.78 is 0. The number of hydrogen-bond acceptors (Lipinski definition) is 2. The van der Waals surface area contributed by atoms with Crippen LogP contribution >= 0.6 is 0 Å². The van der Waals surface area contributed by atoms with E-state index in [2.05, 4.69) is 0 Å². The van der Waals surface area contributed by atoms with E-state index >= 15 is 0 Å². The maximum Gasteiger partial charge on any atom is 0.107 e. The van der Waals surface area contributed by atoms with Crippen LogP contribution in [0.2, 0.25) is 0 Å². The van der Waals surface area contributed by atoms with Gasteiger partial charge in [0.2, 0.25) is 0 Å². The van der Waals surface area contributed by atoms with Crippen LogP contribution in [0.5, 0.6) is 0 Å². The van der Waals surface area contributed by atoms with Crippen LogP contribution in [0.1, 0.15) is 31.1 Å². The predicted octanol–water partition coefficient (Wildman–Crippen LogP) is 1.80. The highest BCUT2D eigenvalue weighted by Crippen LogP contribution is 2.25. The fourth-order valence-electron chi connectivity index (χ4n) is 1.25. The van der Waals surface area contributed by atoms with Gasteiger partial charge in [0.05, 0.1) is 5.60 Å². The van der Waals surface area contributed by atoms with Crippen LogP contribution in [0.4, 0.5) is 0 Å². The molecule has 1 aromatic rings. The molecule has 1 unspecified atom stereocenters. The molecule has 0 saturated heterocycles. The van der Waals surface area contributed by atoms with Crippen molar-refractivity contribution in [3.05, 3.63) is 35.4 Å². The van der Waals surface area contributed by atoms with Crippen LogP contribution < -0.4 is 0 Å². The highest BCUT2D eigenvalue weighted by molar-refractivity contribution is 5.25. The Labute approximate surface area is 78.8 Å². The number of aliphatic hydroxyl groups is 2. The van der Waals surface area contributed by atoms with Crippen LogP contribution in [0.25, 0.3) is 0 Å². The molecule has 0 saturated carbocycles. The molecule has 0 aliphatic heterocycles. The van der Waals surface area contributed by atoms with Gasteiger partial charge in [-0.15, -0.1) is 0 Å². The minimum absolute atomic E-state index is 0.757. The smallest absolute Gasteiger partial charge is 0.107 e. The Hall–Kier alpha value is -0.860. The van der Waals surface area contributed by atoms with E-state index in [0.29, 0.717) is 0 Å². The molecule has 1 atom stereocenters. The lowest BCUT2D eigenvalue weighted by Crippen LogP contribution is -2.28. The molecule has 2 N–H and O–H groups in total. The molecule has 13 heavy (non-hydrogen) atoms. The second-order valence-corrected chi connectivity index (χ2v) is 3.97. The molecule has 1 aromatic carbocycles. The number of hydrogen-bond donors (Lipinski definition) is 2. The third kappa shape index (κ3) is 2.54. The minimum Gasteiger partial charge on any atom is -0.387 e. The zero-order valence-electron chi connectivity index (χ0n) is 8.28. The summed E-state index contributed by atoms with van der Waals surface area (Å²) in [6.07, 6.45) is -0.826. The van der Waals surface area contributed by atoms with Crippen molar-refractivity contribution in [1.29, 1.82) is 0 Å². The maximum absolute atomic E-state index is 9.73. The van der Waals surface area contributed by atoms with Crippen LogP contribution in [0, 0.1) is 6.92 Å². The first-order valence-electron chi connectivity index (χ1n) is 4.38. The molecule has 2 nitrogen and oxygen atoms in total. The summed E-state index contributed by atoms with van der Waals surface area (Å²) in [4.78, 5) is 0. The molecule has 0 heterocycles. The topological polar surface area (TPSA) is 40.5 Å². The first kappa shape index (κ1) is 10.2. The van der Waals surface area contributed by atoms with Crippen molar-refractivity contribution in [3.8, 4) is 0 Å². The number of rotatable bonds is 2. The normalized spacial score (nSPS) is 14.2. The van der Waals surface area contributed by atoms with Gasteiger partial charge in [0.25, 0.3) is 0 Å². The third-order valence-electron chi connectivity index (χ3n) is 2.03. The van der Waals surface area contributed by atoms with E-state index in [0.717, 1.165) is 11.1 Å². The molecule has 1 rings (SSSR count). The largest absolute Gasteiger partial charge is 0.387 e. The summed E-state index contributed by atoms with van der Waals surface area (Å²) in [5, 5.41) is 19.3. The maximum atomic E-state index is 9.73. The molecule has 0 radical (unpaired) electrons. The highest BCUT2D eigenvalue weighted by atomic mass is 16.3. The Kier molecular flexibility index (Phi) is 2.74. The van der Waals surface area contributed by atoms with Crippen LogP contribution in [-0.4, -0.2) is 15.8 Å². The summed E-state index contributed by atoms with van der Waals surface area (Å²) in [6.45, 7) is 5.15. The molecule has 0 amide bonds. The van der Waals surface area contributed by atoms with Crippen molar-refractivity contribution in [2.45, 2.75) is 32.5 Å². The van der Waals surface area contributed by atoms with Gasteiger partial charge in [-0.2, -0.15) is 0 Å². The van der Waals surface area contributed by atoms with Crippen molar-refractivity contribution < 1.29 is 10.2 Å². The Bertz CT molecular complexity index is 286. The van der Waals surface area contributed by atoms with Gasteiger partial charge in [0.1, 0.15) is 6.10 Å². The van der Waals surface area contributed by atoms with Gasteiger partial charge in [0.15, 0.2) is 0 Å². The lowest BCUT2D eigenvalue weighted by atomic mass is 9.94. The standard InChI is InChI=1S/C11H16O2/c1-8-5-4-6-9(7-8)10(12)11(2,3)13/h4-7,10,12-13H,1-3H3. The lowest BCUT2D eigenvalue weighted by molar-refractivity contribution is -0.0497. The molecule has 0 fully saturated rings. The minimum atomic E-state index is -1.09. The van der Waals surface area contributed by atoms with E-state index in [1.54, 1.807) is 13.8 Å². The Balaban J connectivity index is 2.96. The quantitative estimate of drug-likeness (QED) is 0.728. The first-order chi connectivity index (χ1) is 5.91. The van der Waals surface area contributed by atoms with Gasteiger partial charge < -0.3 is 10.2 Å². The fourth-order valence-corrected chi connectivity index (χ4v) is 1.25. The average molecular weight is 180 g/mol. The van der Waals surface area contributed by atoms with E-state index in [1.165, 1.54) is 0 Å². The molecule has 0 spiro atoms. The molecule has 72 valence electrons. The Morgan fingerprint density at radius 2 is 1.92 bits per heavy atom. The van der Waals surface area contributed by atoms with E-state index in [-0.39, 0.29) is 0 Å². The summed E-state index contributed by atoms with van der Waals surface area (Å²) >= 11 is 0. The number of aryl methyl sites for hydroxylation is 1. The van der Waals surface area contributed by atoms with Crippen molar-refractivity contribution in [2.75, 3.05) is 0 Å². The zero-order chi connectivity index (χ0) is 10.1. The van der Waals surface area contributed by atoms with E-state index in [1.807, 2.05) is 31.2 Å². The molecule has 0 aliphatic rings. The van der Waals surface area contributed by atoms with Crippen LogP contribution in [0.3, 0.4) is 0 Å². The van der Waals surface area contributed by atoms with Gasteiger partial charge in [-0.25, -0.2) is 0 Å². The summed E-state index contributed by atoms with van der Waals surface area (Å²) in [5.74, 6) is 0. The lowest BCUT2D eigenvalue weighted by Gasteiger charge is -2.24. The summed E-state index contributed by atoms with van der Waals surface area (Å²) in [5.41, 5.74) is 0.752. The molecule has 0 aliphatic carbocycles. The van der Waals surface area contributed by atoms with Crippen molar-refractivity contribution in [1.82, 2.24) is 0 Å². The Morgan fingerprint density at radius 1 is 1.31 bits per heavy atom. The van der Waals surface area contributed by atoms with Crippen LogP contribution in [-0.2, 0) is 0 Å². The van der Waals surface area contributed by atoms with Crippen molar-refractivity contribution in [3.63, 3.8) is 0 Å². The van der Waals surface area contributed by atoms with E-state index in [9.17, 15) is 10.2 Å². The highest BCUT2D eigenvalue weighted by Gasteiger charge is 2.25. The van der Waals surface area contributed by atoms with Gasteiger partial charge in [-0.05, 0) is 26.3 Å². The van der Waals surface area contributed by atoms with Crippen molar-refractivity contribution in [2.24, 2.45) is 0 Å². The number of aliphatic hydroxyl groups excluding tert-OH is 1.